The van der Waals surface area contributed by atoms with Crippen LogP contribution in [0, 0.1) is 12.3 Å². The quantitative estimate of drug-likeness (QED) is 0.542. The Labute approximate surface area is 83.7 Å². The van der Waals surface area contributed by atoms with E-state index in [-0.39, 0.29) is 11.7 Å². The molecule has 0 fully saturated rings. The van der Waals surface area contributed by atoms with Gasteiger partial charge in [-0.3, -0.25) is 10.2 Å². The average Bonchev–Trinajstić information content (AvgIpc) is 2.17. The monoisotopic (exact) mass is 190 g/mol. The molecule has 74 valence electrons. The van der Waals surface area contributed by atoms with Gasteiger partial charge >= 0.3 is 0 Å². The van der Waals surface area contributed by atoms with E-state index in [2.05, 4.69) is 5.32 Å². The third kappa shape index (κ3) is 2.69. The van der Waals surface area contributed by atoms with Gasteiger partial charge < -0.3 is 5.32 Å². The van der Waals surface area contributed by atoms with E-state index in [0.717, 1.165) is 11.1 Å². The van der Waals surface area contributed by atoms with Crippen LogP contribution < -0.4 is 5.32 Å². The van der Waals surface area contributed by atoms with Gasteiger partial charge in [0.2, 0.25) is 5.91 Å². The maximum absolute atomic E-state index is 11.0. The van der Waals surface area contributed by atoms with E-state index >= 15 is 0 Å². The smallest absolute Gasteiger partial charge is 0.225 e. The van der Waals surface area contributed by atoms with Crippen molar-refractivity contribution in [2.45, 2.75) is 20.3 Å². The van der Waals surface area contributed by atoms with Crippen molar-refractivity contribution in [3.8, 4) is 0 Å². The first kappa shape index (κ1) is 10.4. The summed E-state index contributed by atoms with van der Waals surface area (Å²) in [6.45, 7) is 3.72. The third-order valence-electron chi connectivity index (χ3n) is 1.89. The summed E-state index contributed by atoms with van der Waals surface area (Å²) in [4.78, 5) is 11.0. The molecule has 1 amide bonds. The predicted octanol–water partition coefficient (Wildman–Crippen LogP) is 1.85. The topological polar surface area (TPSA) is 53.0 Å². The van der Waals surface area contributed by atoms with Gasteiger partial charge in [-0.05, 0) is 13.0 Å². The molecular formula is C11H14N2O. The maximum Gasteiger partial charge on any atom is 0.225 e. The van der Waals surface area contributed by atoms with Gasteiger partial charge in [0.25, 0.3) is 0 Å². The number of nitrogens with one attached hydrogen (secondary N) is 2. The molecule has 2 N–H and O–H groups in total. The van der Waals surface area contributed by atoms with Gasteiger partial charge in [0, 0.05) is 12.0 Å². The lowest BCUT2D eigenvalue weighted by Gasteiger charge is -2.05. The van der Waals surface area contributed by atoms with Crippen molar-refractivity contribution in [2.75, 3.05) is 0 Å². The van der Waals surface area contributed by atoms with Crippen molar-refractivity contribution in [3.63, 3.8) is 0 Å². The highest BCUT2D eigenvalue weighted by Gasteiger charge is 2.04. The maximum atomic E-state index is 11.0. The molecule has 1 rings (SSSR count). The molecule has 3 nitrogen and oxygen atoms in total. The van der Waals surface area contributed by atoms with Crippen LogP contribution in [0.2, 0.25) is 0 Å². The molecule has 0 aliphatic heterocycles. The van der Waals surface area contributed by atoms with Crippen molar-refractivity contribution in [2.24, 2.45) is 0 Å². The van der Waals surface area contributed by atoms with Gasteiger partial charge in [-0.15, -0.1) is 0 Å². The number of benzene rings is 1. The van der Waals surface area contributed by atoms with Gasteiger partial charge in [0.15, 0.2) is 0 Å². The number of amidine groups is 1. The minimum atomic E-state index is -0.128. The molecule has 0 heterocycles. The highest BCUT2D eigenvalue weighted by atomic mass is 16.1. The second-order valence-electron chi connectivity index (χ2n) is 3.15. The molecule has 1 aromatic carbocycles. The summed E-state index contributed by atoms with van der Waals surface area (Å²) in [6.07, 6.45) is 0.397. The van der Waals surface area contributed by atoms with Crippen molar-refractivity contribution < 1.29 is 4.79 Å². The first-order valence-corrected chi connectivity index (χ1v) is 4.59. The average molecular weight is 190 g/mol. The number of rotatable bonds is 2. The van der Waals surface area contributed by atoms with E-state index < -0.39 is 0 Å². The summed E-state index contributed by atoms with van der Waals surface area (Å²) >= 11 is 0. The molecule has 0 saturated carbocycles. The van der Waals surface area contributed by atoms with Crippen molar-refractivity contribution in [1.29, 1.82) is 5.41 Å². The SMILES string of the molecule is CCC(=O)NC(=N)c1cccc(C)c1. The molecular weight excluding hydrogens is 176 g/mol. The van der Waals surface area contributed by atoms with Crippen LogP contribution in [0.4, 0.5) is 0 Å². The fraction of sp³-hybridized carbons (Fsp3) is 0.273. The largest absolute Gasteiger partial charge is 0.311 e. The van der Waals surface area contributed by atoms with E-state index in [1.807, 2.05) is 31.2 Å². The van der Waals surface area contributed by atoms with Gasteiger partial charge in [-0.1, -0.05) is 30.7 Å². The summed E-state index contributed by atoms with van der Waals surface area (Å²) in [5.41, 5.74) is 1.82. The van der Waals surface area contributed by atoms with Crippen molar-refractivity contribution >= 4 is 11.7 Å². The molecule has 0 atom stereocenters. The molecule has 0 saturated heterocycles. The first-order chi connectivity index (χ1) is 6.63. The zero-order valence-electron chi connectivity index (χ0n) is 8.42. The number of hydrogen-bond donors (Lipinski definition) is 2. The lowest BCUT2D eigenvalue weighted by Crippen LogP contribution is -2.29. The van der Waals surface area contributed by atoms with Gasteiger partial charge in [-0.2, -0.15) is 0 Å². The number of amides is 1. The lowest BCUT2D eigenvalue weighted by molar-refractivity contribution is -0.119. The first-order valence-electron chi connectivity index (χ1n) is 4.59. The van der Waals surface area contributed by atoms with Gasteiger partial charge in [0.1, 0.15) is 5.84 Å². The second-order valence-corrected chi connectivity index (χ2v) is 3.15. The van der Waals surface area contributed by atoms with Crippen LogP contribution in [0.5, 0.6) is 0 Å². The Balaban J connectivity index is 2.75. The van der Waals surface area contributed by atoms with E-state index in [1.54, 1.807) is 6.92 Å². The second kappa shape index (κ2) is 4.56. The normalized spacial score (nSPS) is 9.57. The number of carbonyl (C=O) groups is 1. The molecule has 0 unspecified atom stereocenters. The zero-order chi connectivity index (χ0) is 10.6. The highest BCUT2D eigenvalue weighted by Crippen LogP contribution is 2.03. The third-order valence-corrected chi connectivity index (χ3v) is 1.89. The Kier molecular flexibility index (Phi) is 3.40. The number of hydrogen-bond acceptors (Lipinski definition) is 2. The van der Waals surface area contributed by atoms with Crippen molar-refractivity contribution in [1.82, 2.24) is 5.32 Å². The van der Waals surface area contributed by atoms with Gasteiger partial charge in [0.05, 0.1) is 0 Å². The minimum Gasteiger partial charge on any atom is -0.311 e. The highest BCUT2D eigenvalue weighted by molar-refractivity contribution is 6.06. The predicted molar refractivity (Wildman–Crippen MR) is 56.4 cm³/mol. The van der Waals surface area contributed by atoms with Crippen LogP contribution in [0.3, 0.4) is 0 Å². The van der Waals surface area contributed by atoms with Gasteiger partial charge in [-0.25, -0.2) is 0 Å². The fourth-order valence-electron chi connectivity index (χ4n) is 1.10. The summed E-state index contributed by atoms with van der Waals surface area (Å²) in [5.74, 6) is 0.0389. The molecule has 0 aliphatic rings. The Morgan fingerprint density at radius 1 is 1.50 bits per heavy atom. The molecule has 0 radical (unpaired) electrons. The van der Waals surface area contributed by atoms with E-state index in [4.69, 9.17) is 5.41 Å². The fourth-order valence-corrected chi connectivity index (χ4v) is 1.10. The zero-order valence-corrected chi connectivity index (χ0v) is 8.42. The summed E-state index contributed by atoms with van der Waals surface area (Å²) in [7, 11) is 0. The summed E-state index contributed by atoms with van der Waals surface area (Å²) in [6, 6.07) is 7.51. The van der Waals surface area contributed by atoms with E-state index in [0.29, 0.717) is 6.42 Å². The standard InChI is InChI=1S/C11H14N2O/c1-3-10(14)13-11(12)9-6-4-5-8(2)7-9/h4-7H,3H2,1-2H3,(H2,12,13,14). The Morgan fingerprint density at radius 2 is 2.21 bits per heavy atom. The minimum absolute atomic E-state index is 0.128. The Morgan fingerprint density at radius 3 is 2.79 bits per heavy atom. The summed E-state index contributed by atoms with van der Waals surface area (Å²) in [5, 5.41) is 10.1. The molecule has 0 aliphatic carbocycles. The van der Waals surface area contributed by atoms with Crippen LogP contribution in [0.15, 0.2) is 24.3 Å². The van der Waals surface area contributed by atoms with Crippen LogP contribution in [-0.2, 0) is 4.79 Å². The van der Waals surface area contributed by atoms with Crippen LogP contribution in [-0.4, -0.2) is 11.7 Å². The number of carbonyl (C=O) groups excluding carboxylic acids is 1. The summed E-state index contributed by atoms with van der Waals surface area (Å²) < 4.78 is 0. The van der Waals surface area contributed by atoms with E-state index in [9.17, 15) is 4.79 Å². The molecule has 0 aromatic heterocycles. The Bertz CT molecular complexity index is 358. The molecule has 3 heteroatoms. The molecule has 0 spiro atoms. The van der Waals surface area contributed by atoms with Crippen LogP contribution >= 0.6 is 0 Å². The van der Waals surface area contributed by atoms with E-state index in [1.165, 1.54) is 0 Å². The van der Waals surface area contributed by atoms with Crippen LogP contribution in [0.25, 0.3) is 0 Å². The van der Waals surface area contributed by atoms with Crippen molar-refractivity contribution in [3.05, 3.63) is 35.4 Å². The number of aryl methyl sites for hydroxylation is 1. The Hall–Kier alpha value is -1.64. The lowest BCUT2D eigenvalue weighted by atomic mass is 10.1. The molecule has 0 bridgehead atoms. The van der Waals surface area contributed by atoms with Crippen LogP contribution in [0.1, 0.15) is 24.5 Å². The molecule has 1 aromatic rings. The molecule has 14 heavy (non-hydrogen) atoms.